The Bertz CT molecular complexity index is 1370. The van der Waals surface area contributed by atoms with Crippen LogP contribution in [-0.2, 0) is 20.4 Å². The smallest absolute Gasteiger partial charge is 0.239 e. The van der Waals surface area contributed by atoms with Crippen LogP contribution < -0.4 is 5.32 Å². The van der Waals surface area contributed by atoms with Crippen molar-refractivity contribution in [3.8, 4) is 0 Å². The molecule has 2 heterocycles. The molecule has 0 unspecified atom stereocenters. The minimum Gasteiger partial charge on any atom is -0.361 e. The van der Waals surface area contributed by atoms with E-state index in [1.807, 2.05) is 32.9 Å². The molecular weight excluding hydrogens is 466 g/mol. The number of nitrogens with one attached hydrogen (secondary N) is 1. The summed E-state index contributed by atoms with van der Waals surface area (Å²) in [5, 5.41) is 6.65. The standard InChI is InChI=1S/C22H21N3O4S3/c1-13-4-7-17(8-5-13)32(27,28)12-21(26)23-16-6-9-19-20(10-16)31-22(24-19)30-11-18-14(2)25-29-15(18)3/h4-10H,11-12H2,1-3H3,(H,23,26). The van der Waals surface area contributed by atoms with Crippen LogP contribution in [0.1, 0.15) is 22.6 Å². The third-order valence-electron chi connectivity index (χ3n) is 4.87. The van der Waals surface area contributed by atoms with Gasteiger partial charge in [0.1, 0.15) is 11.5 Å². The maximum absolute atomic E-state index is 12.5. The van der Waals surface area contributed by atoms with Crippen molar-refractivity contribution in [2.45, 2.75) is 35.8 Å². The first-order chi connectivity index (χ1) is 15.2. The molecule has 0 bridgehead atoms. The van der Waals surface area contributed by atoms with Crippen LogP contribution in [0.5, 0.6) is 0 Å². The van der Waals surface area contributed by atoms with E-state index in [4.69, 9.17) is 4.52 Å². The van der Waals surface area contributed by atoms with E-state index >= 15 is 0 Å². The second-order valence-corrected chi connectivity index (χ2v) is 11.6. The molecule has 0 fully saturated rings. The van der Waals surface area contributed by atoms with Crippen LogP contribution in [-0.4, -0.2) is 30.2 Å². The van der Waals surface area contributed by atoms with Crippen LogP contribution >= 0.6 is 23.1 Å². The quantitative estimate of drug-likeness (QED) is 0.369. The van der Waals surface area contributed by atoms with Gasteiger partial charge in [-0.3, -0.25) is 4.79 Å². The van der Waals surface area contributed by atoms with Crippen molar-refractivity contribution in [3.63, 3.8) is 0 Å². The number of hydrogen-bond acceptors (Lipinski definition) is 8. The number of sulfone groups is 1. The van der Waals surface area contributed by atoms with Gasteiger partial charge in [-0.2, -0.15) is 0 Å². The summed E-state index contributed by atoms with van der Waals surface area (Å²) in [6.07, 6.45) is 0. The van der Waals surface area contributed by atoms with Crippen LogP contribution in [0.15, 0.2) is 56.2 Å². The average molecular weight is 488 g/mol. The Morgan fingerprint density at radius 1 is 1.12 bits per heavy atom. The molecule has 0 saturated heterocycles. The van der Waals surface area contributed by atoms with Gasteiger partial charge < -0.3 is 9.84 Å². The number of fused-ring (bicyclic) bond motifs is 1. The Morgan fingerprint density at radius 2 is 1.88 bits per heavy atom. The van der Waals surface area contributed by atoms with Gasteiger partial charge in [-0.05, 0) is 51.1 Å². The van der Waals surface area contributed by atoms with Crippen molar-refractivity contribution >= 4 is 54.7 Å². The van der Waals surface area contributed by atoms with Gasteiger partial charge in [0.15, 0.2) is 14.2 Å². The van der Waals surface area contributed by atoms with Crippen molar-refractivity contribution in [2.24, 2.45) is 0 Å². The molecule has 0 radical (unpaired) electrons. The fourth-order valence-corrected chi connectivity index (χ4v) is 6.48. The number of hydrogen-bond donors (Lipinski definition) is 1. The molecule has 4 rings (SSSR count). The van der Waals surface area contributed by atoms with Gasteiger partial charge in [-0.25, -0.2) is 13.4 Å². The van der Waals surface area contributed by atoms with E-state index in [1.54, 1.807) is 30.0 Å². The lowest BCUT2D eigenvalue weighted by atomic mass is 10.2. The highest BCUT2D eigenvalue weighted by molar-refractivity contribution is 8.00. The molecule has 2 aromatic carbocycles. The van der Waals surface area contributed by atoms with Crippen LogP contribution in [0.3, 0.4) is 0 Å². The van der Waals surface area contributed by atoms with E-state index in [0.29, 0.717) is 11.4 Å². The number of carbonyl (C=O) groups excluding carboxylic acids is 1. The summed E-state index contributed by atoms with van der Waals surface area (Å²) in [4.78, 5) is 17.1. The number of nitrogens with zero attached hydrogens (tertiary/aromatic N) is 2. The first kappa shape index (κ1) is 22.5. The van der Waals surface area contributed by atoms with Crippen LogP contribution in [0, 0.1) is 20.8 Å². The van der Waals surface area contributed by atoms with Crippen LogP contribution in [0.4, 0.5) is 5.69 Å². The summed E-state index contributed by atoms with van der Waals surface area (Å²) in [5.41, 5.74) is 4.25. The van der Waals surface area contributed by atoms with Gasteiger partial charge in [0.05, 0.1) is 20.8 Å². The normalized spacial score (nSPS) is 11.7. The molecule has 0 aliphatic rings. The number of thiazole rings is 1. The molecule has 0 atom stereocenters. The number of anilines is 1. The molecule has 0 saturated carbocycles. The molecule has 0 spiro atoms. The third kappa shape index (κ3) is 5.03. The Kier molecular flexibility index (Phi) is 6.36. The van der Waals surface area contributed by atoms with E-state index in [9.17, 15) is 13.2 Å². The monoisotopic (exact) mass is 487 g/mol. The third-order valence-corrected chi connectivity index (χ3v) is 8.70. The zero-order valence-corrected chi connectivity index (χ0v) is 20.2. The predicted octanol–water partition coefficient (Wildman–Crippen LogP) is 4.91. The fraction of sp³-hybridized carbons (Fsp3) is 0.227. The summed E-state index contributed by atoms with van der Waals surface area (Å²) < 4.78 is 32.0. The number of rotatable bonds is 7. The second kappa shape index (κ2) is 9.05. The molecule has 4 aromatic rings. The largest absolute Gasteiger partial charge is 0.361 e. The summed E-state index contributed by atoms with van der Waals surface area (Å²) in [7, 11) is -3.71. The van der Waals surface area contributed by atoms with Crippen molar-refractivity contribution in [3.05, 3.63) is 65.0 Å². The number of benzene rings is 2. The summed E-state index contributed by atoms with van der Waals surface area (Å²) in [5.74, 6) is 0.320. The van der Waals surface area contributed by atoms with Crippen molar-refractivity contribution < 1.29 is 17.7 Å². The minimum atomic E-state index is -3.71. The number of carbonyl (C=O) groups is 1. The summed E-state index contributed by atoms with van der Waals surface area (Å²) in [6, 6.07) is 11.8. The summed E-state index contributed by atoms with van der Waals surface area (Å²) >= 11 is 3.11. The van der Waals surface area contributed by atoms with Crippen molar-refractivity contribution in [1.82, 2.24) is 10.1 Å². The number of thioether (sulfide) groups is 1. The molecule has 32 heavy (non-hydrogen) atoms. The van der Waals surface area contributed by atoms with E-state index in [0.717, 1.165) is 37.1 Å². The first-order valence-corrected chi connectivity index (χ1v) is 13.2. The van der Waals surface area contributed by atoms with Gasteiger partial charge >= 0.3 is 0 Å². The lowest BCUT2D eigenvalue weighted by molar-refractivity contribution is -0.113. The van der Waals surface area contributed by atoms with E-state index in [-0.39, 0.29) is 4.90 Å². The van der Waals surface area contributed by atoms with E-state index < -0.39 is 21.5 Å². The molecular formula is C22H21N3O4S3. The molecule has 2 aromatic heterocycles. The highest BCUT2D eigenvalue weighted by Crippen LogP contribution is 2.34. The highest BCUT2D eigenvalue weighted by atomic mass is 32.2. The SMILES string of the molecule is Cc1ccc(S(=O)(=O)CC(=O)Nc2ccc3nc(SCc4c(C)noc4C)sc3c2)cc1. The van der Waals surface area contributed by atoms with Crippen LogP contribution in [0.25, 0.3) is 10.2 Å². The molecule has 7 nitrogen and oxygen atoms in total. The van der Waals surface area contributed by atoms with E-state index in [1.165, 1.54) is 23.5 Å². The number of aromatic nitrogens is 2. The van der Waals surface area contributed by atoms with E-state index in [2.05, 4.69) is 15.5 Å². The maximum Gasteiger partial charge on any atom is 0.239 e. The topological polar surface area (TPSA) is 102 Å². The molecule has 10 heteroatoms. The Hall–Kier alpha value is -2.69. The molecule has 1 amide bonds. The Labute approximate surface area is 194 Å². The second-order valence-electron chi connectivity index (χ2n) is 7.37. The molecule has 0 aliphatic heterocycles. The lowest BCUT2D eigenvalue weighted by Crippen LogP contribution is -2.23. The van der Waals surface area contributed by atoms with Gasteiger partial charge in [0.2, 0.25) is 5.91 Å². The van der Waals surface area contributed by atoms with Gasteiger partial charge in [-0.15, -0.1) is 11.3 Å². The maximum atomic E-state index is 12.5. The van der Waals surface area contributed by atoms with Crippen molar-refractivity contribution in [1.29, 1.82) is 0 Å². The van der Waals surface area contributed by atoms with Gasteiger partial charge in [0, 0.05) is 17.0 Å². The van der Waals surface area contributed by atoms with Gasteiger partial charge in [0.25, 0.3) is 0 Å². The fourth-order valence-electron chi connectivity index (χ4n) is 3.08. The summed E-state index contributed by atoms with van der Waals surface area (Å²) in [6.45, 7) is 5.68. The molecule has 166 valence electrons. The van der Waals surface area contributed by atoms with Crippen molar-refractivity contribution in [2.75, 3.05) is 11.1 Å². The zero-order valence-electron chi connectivity index (χ0n) is 17.7. The minimum absolute atomic E-state index is 0.135. The first-order valence-electron chi connectivity index (χ1n) is 9.76. The lowest BCUT2D eigenvalue weighted by Gasteiger charge is -2.07. The highest BCUT2D eigenvalue weighted by Gasteiger charge is 2.19. The Morgan fingerprint density at radius 3 is 2.56 bits per heavy atom. The molecule has 1 N–H and O–H groups in total. The molecule has 0 aliphatic carbocycles. The van der Waals surface area contributed by atoms with Gasteiger partial charge in [-0.1, -0.05) is 34.6 Å². The van der Waals surface area contributed by atoms with Crippen LogP contribution in [0.2, 0.25) is 0 Å². The zero-order chi connectivity index (χ0) is 22.9. The Balaban J connectivity index is 1.43. The number of amides is 1. The predicted molar refractivity (Wildman–Crippen MR) is 127 cm³/mol. The average Bonchev–Trinajstić information content (AvgIpc) is 3.28. The number of aryl methyl sites for hydroxylation is 3.